The summed E-state index contributed by atoms with van der Waals surface area (Å²) < 4.78 is 0. The summed E-state index contributed by atoms with van der Waals surface area (Å²) in [5.74, 6) is 0.215. The molecule has 0 aromatic carbocycles. The molecule has 0 rings (SSSR count). The molecule has 0 bridgehead atoms. The molecule has 1 unspecified atom stereocenters. The van der Waals surface area contributed by atoms with E-state index in [9.17, 15) is 4.79 Å². The Labute approximate surface area is 103 Å². The van der Waals surface area contributed by atoms with Crippen LogP contribution in [0.5, 0.6) is 0 Å². The van der Waals surface area contributed by atoms with E-state index in [2.05, 4.69) is 24.3 Å². The monoisotopic (exact) mass is 244 g/mol. The molecule has 0 saturated heterocycles. The van der Waals surface area contributed by atoms with Gasteiger partial charge in [-0.3, -0.25) is 4.79 Å². The van der Waals surface area contributed by atoms with Gasteiger partial charge in [0.15, 0.2) is 0 Å². The second kappa shape index (κ2) is 7.89. The molecule has 0 aromatic heterocycles. The van der Waals surface area contributed by atoms with Crippen molar-refractivity contribution in [2.75, 3.05) is 20.6 Å². The second-order valence-corrected chi connectivity index (χ2v) is 4.92. The van der Waals surface area contributed by atoms with Crippen molar-refractivity contribution in [3.8, 4) is 0 Å². The lowest BCUT2D eigenvalue weighted by atomic mass is 10.0. The number of amides is 1. The number of nitrogens with two attached hydrogens (primary N) is 1. The van der Waals surface area contributed by atoms with Gasteiger partial charge < -0.3 is 21.2 Å². The maximum Gasteiger partial charge on any atom is 0.227 e. The minimum Gasteiger partial charge on any atom is -0.409 e. The second-order valence-electron chi connectivity index (χ2n) is 4.92. The van der Waals surface area contributed by atoms with Crippen LogP contribution in [0.3, 0.4) is 0 Å². The summed E-state index contributed by atoms with van der Waals surface area (Å²) >= 11 is 0. The predicted octanol–water partition coefficient (Wildman–Crippen LogP) is 0.215. The molecule has 4 N–H and O–H groups in total. The Kier molecular flexibility index (Phi) is 7.29. The molecule has 1 atom stereocenters. The maximum absolute atomic E-state index is 11.6. The summed E-state index contributed by atoms with van der Waals surface area (Å²) in [6.07, 6.45) is 0.832. The highest BCUT2D eigenvalue weighted by molar-refractivity contribution is 5.98. The van der Waals surface area contributed by atoms with Gasteiger partial charge in [0.05, 0.1) is 6.42 Å². The van der Waals surface area contributed by atoms with Crippen molar-refractivity contribution < 1.29 is 10.0 Å². The number of rotatable bonds is 7. The van der Waals surface area contributed by atoms with E-state index in [-0.39, 0.29) is 24.2 Å². The minimum absolute atomic E-state index is 0.0709. The lowest BCUT2D eigenvalue weighted by molar-refractivity contribution is -0.120. The van der Waals surface area contributed by atoms with Crippen molar-refractivity contribution in [2.45, 2.75) is 32.7 Å². The zero-order valence-electron chi connectivity index (χ0n) is 11.1. The van der Waals surface area contributed by atoms with Gasteiger partial charge in [-0.2, -0.15) is 0 Å². The smallest absolute Gasteiger partial charge is 0.227 e. The van der Waals surface area contributed by atoms with Crippen LogP contribution in [0.1, 0.15) is 26.7 Å². The molecule has 0 radical (unpaired) electrons. The van der Waals surface area contributed by atoms with Crippen LogP contribution in [0.2, 0.25) is 0 Å². The van der Waals surface area contributed by atoms with E-state index in [0.717, 1.165) is 13.0 Å². The van der Waals surface area contributed by atoms with Gasteiger partial charge in [0, 0.05) is 12.6 Å². The topological polar surface area (TPSA) is 91.0 Å². The average Bonchev–Trinajstić information content (AvgIpc) is 2.14. The molecule has 6 nitrogen and oxygen atoms in total. The first-order chi connectivity index (χ1) is 7.85. The Morgan fingerprint density at radius 1 is 1.47 bits per heavy atom. The van der Waals surface area contributed by atoms with E-state index >= 15 is 0 Å². The van der Waals surface area contributed by atoms with Crippen LogP contribution in [0.4, 0.5) is 0 Å². The van der Waals surface area contributed by atoms with Crippen LogP contribution < -0.4 is 11.1 Å². The van der Waals surface area contributed by atoms with Crippen LogP contribution in [0.25, 0.3) is 0 Å². The fourth-order valence-corrected chi connectivity index (χ4v) is 1.67. The van der Waals surface area contributed by atoms with Crippen molar-refractivity contribution in [2.24, 2.45) is 16.8 Å². The Balaban J connectivity index is 4.26. The van der Waals surface area contributed by atoms with Crippen LogP contribution >= 0.6 is 0 Å². The lowest BCUT2D eigenvalue weighted by Gasteiger charge is -2.23. The summed E-state index contributed by atoms with van der Waals surface area (Å²) in [7, 11) is 3.92. The predicted molar refractivity (Wildman–Crippen MR) is 68.0 cm³/mol. The number of nitrogens with zero attached hydrogens (tertiary/aromatic N) is 2. The number of nitrogens with one attached hydrogen (secondary N) is 1. The van der Waals surface area contributed by atoms with Crippen molar-refractivity contribution in [1.82, 2.24) is 10.2 Å². The molecule has 17 heavy (non-hydrogen) atoms. The molecule has 0 aliphatic carbocycles. The highest BCUT2D eigenvalue weighted by Gasteiger charge is 2.15. The molecule has 100 valence electrons. The number of hydrogen-bond donors (Lipinski definition) is 3. The molecular weight excluding hydrogens is 220 g/mol. The molecule has 0 heterocycles. The minimum atomic E-state index is -0.215. The Hall–Kier alpha value is -1.30. The largest absolute Gasteiger partial charge is 0.409 e. The fraction of sp³-hybridized carbons (Fsp3) is 0.818. The molecule has 0 fully saturated rings. The number of carbonyl (C=O) groups is 1. The first-order valence-electron chi connectivity index (χ1n) is 5.75. The van der Waals surface area contributed by atoms with Gasteiger partial charge in [-0.15, -0.1) is 0 Å². The zero-order valence-corrected chi connectivity index (χ0v) is 11.1. The van der Waals surface area contributed by atoms with E-state index < -0.39 is 0 Å². The van der Waals surface area contributed by atoms with Gasteiger partial charge in [0.2, 0.25) is 5.91 Å². The quantitative estimate of drug-likeness (QED) is 0.258. The van der Waals surface area contributed by atoms with Gasteiger partial charge in [-0.05, 0) is 26.4 Å². The number of amidine groups is 1. The van der Waals surface area contributed by atoms with Gasteiger partial charge >= 0.3 is 0 Å². The molecule has 0 aliphatic rings. The lowest BCUT2D eigenvalue weighted by Crippen LogP contribution is -2.43. The summed E-state index contributed by atoms with van der Waals surface area (Å²) in [6, 6.07) is 0.0870. The molecular formula is C11H24N4O2. The van der Waals surface area contributed by atoms with Crippen LogP contribution in [0, 0.1) is 5.92 Å². The molecule has 1 amide bonds. The SMILES string of the molecule is CC(C)CC(CN(C)C)NC(=O)CC(N)=NO. The van der Waals surface area contributed by atoms with Gasteiger partial charge in [-0.25, -0.2) is 0 Å². The first kappa shape index (κ1) is 15.7. The van der Waals surface area contributed by atoms with Crippen molar-refractivity contribution >= 4 is 11.7 Å². The molecule has 0 aromatic rings. The van der Waals surface area contributed by atoms with Crippen LogP contribution in [0.15, 0.2) is 5.16 Å². The molecule has 6 heteroatoms. The Morgan fingerprint density at radius 3 is 2.47 bits per heavy atom. The third-order valence-corrected chi connectivity index (χ3v) is 2.18. The summed E-state index contributed by atoms with van der Waals surface area (Å²) in [4.78, 5) is 13.6. The van der Waals surface area contributed by atoms with Crippen LogP contribution in [-0.2, 0) is 4.79 Å². The maximum atomic E-state index is 11.6. The number of carbonyl (C=O) groups excluding carboxylic acids is 1. The van der Waals surface area contributed by atoms with Crippen LogP contribution in [-0.4, -0.2) is 48.5 Å². The van der Waals surface area contributed by atoms with Crippen molar-refractivity contribution in [3.05, 3.63) is 0 Å². The average molecular weight is 244 g/mol. The number of likely N-dealkylation sites (N-methyl/N-ethyl adjacent to an activating group) is 1. The third kappa shape index (κ3) is 8.50. The van der Waals surface area contributed by atoms with Gasteiger partial charge in [-0.1, -0.05) is 19.0 Å². The molecule has 0 spiro atoms. The number of hydrogen-bond acceptors (Lipinski definition) is 4. The Bertz CT molecular complexity index is 254. The summed E-state index contributed by atoms with van der Waals surface area (Å²) in [6.45, 7) is 5.00. The van der Waals surface area contributed by atoms with E-state index in [1.807, 2.05) is 19.0 Å². The molecule has 0 saturated carbocycles. The zero-order chi connectivity index (χ0) is 13.4. The van der Waals surface area contributed by atoms with Gasteiger partial charge in [0.1, 0.15) is 5.84 Å². The fourth-order valence-electron chi connectivity index (χ4n) is 1.67. The molecule has 0 aliphatic heterocycles. The van der Waals surface area contributed by atoms with Crippen molar-refractivity contribution in [1.29, 1.82) is 0 Å². The van der Waals surface area contributed by atoms with E-state index in [4.69, 9.17) is 10.9 Å². The third-order valence-electron chi connectivity index (χ3n) is 2.18. The highest BCUT2D eigenvalue weighted by Crippen LogP contribution is 2.05. The first-order valence-corrected chi connectivity index (χ1v) is 5.75. The van der Waals surface area contributed by atoms with Gasteiger partial charge in [0.25, 0.3) is 0 Å². The summed E-state index contributed by atoms with van der Waals surface area (Å²) in [5.41, 5.74) is 5.28. The number of oxime groups is 1. The standard InChI is InChI=1S/C11H24N4O2/c1-8(2)5-9(7-15(3)4)13-11(16)6-10(12)14-17/h8-9,17H,5-7H2,1-4H3,(H2,12,14)(H,13,16). The summed E-state index contributed by atoms with van der Waals surface area (Å²) in [5, 5.41) is 14.1. The van der Waals surface area contributed by atoms with E-state index in [0.29, 0.717) is 5.92 Å². The Morgan fingerprint density at radius 2 is 2.06 bits per heavy atom. The van der Waals surface area contributed by atoms with Crippen molar-refractivity contribution in [3.63, 3.8) is 0 Å². The highest BCUT2D eigenvalue weighted by atomic mass is 16.4. The normalized spacial score (nSPS) is 14.1. The van der Waals surface area contributed by atoms with E-state index in [1.54, 1.807) is 0 Å². The van der Waals surface area contributed by atoms with E-state index in [1.165, 1.54) is 0 Å².